The maximum Gasteiger partial charge on any atom is 0.435 e. The standard InChI is InChI=1S/C20H13F4N3O2S/c1-29-19(28)14-4-2-3-12(16(14)21)9-27-10-15(17(26-27)20(22,23)24)13-7-11-5-6-30-18(11)25-8-13/h2-8,10H,9H2,1H3. The van der Waals surface area contributed by atoms with Crippen LogP contribution in [0.5, 0.6) is 0 Å². The van der Waals surface area contributed by atoms with Gasteiger partial charge >= 0.3 is 12.1 Å². The Morgan fingerprint density at radius 2 is 2.07 bits per heavy atom. The number of thiophene rings is 1. The molecule has 0 aliphatic carbocycles. The molecule has 3 aromatic heterocycles. The van der Waals surface area contributed by atoms with Gasteiger partial charge in [0.25, 0.3) is 0 Å². The number of alkyl halides is 3. The molecule has 0 aliphatic heterocycles. The van der Waals surface area contributed by atoms with E-state index in [1.54, 1.807) is 17.5 Å². The fourth-order valence-corrected chi connectivity index (χ4v) is 3.79. The average molecular weight is 435 g/mol. The van der Waals surface area contributed by atoms with Crippen molar-refractivity contribution in [2.24, 2.45) is 0 Å². The van der Waals surface area contributed by atoms with Gasteiger partial charge in [0.05, 0.1) is 19.2 Å². The lowest BCUT2D eigenvalue weighted by Crippen LogP contribution is -2.11. The molecule has 10 heteroatoms. The number of aromatic nitrogens is 3. The van der Waals surface area contributed by atoms with Crippen molar-refractivity contribution in [3.63, 3.8) is 0 Å². The third kappa shape index (κ3) is 3.65. The molecular formula is C20H13F4N3O2S. The first-order valence-electron chi connectivity index (χ1n) is 8.62. The Bertz CT molecular complexity index is 1250. The van der Waals surface area contributed by atoms with Gasteiger partial charge in [-0.3, -0.25) is 4.68 Å². The summed E-state index contributed by atoms with van der Waals surface area (Å²) >= 11 is 1.38. The van der Waals surface area contributed by atoms with Crippen LogP contribution in [0.3, 0.4) is 0 Å². The van der Waals surface area contributed by atoms with Crippen LogP contribution in [0.4, 0.5) is 17.6 Å². The van der Waals surface area contributed by atoms with Gasteiger partial charge in [0.2, 0.25) is 0 Å². The van der Waals surface area contributed by atoms with Gasteiger partial charge < -0.3 is 4.74 Å². The lowest BCUT2D eigenvalue weighted by Gasteiger charge is -2.07. The molecule has 0 radical (unpaired) electrons. The molecule has 0 atom stereocenters. The van der Waals surface area contributed by atoms with E-state index in [1.165, 1.54) is 41.9 Å². The molecule has 30 heavy (non-hydrogen) atoms. The van der Waals surface area contributed by atoms with E-state index in [9.17, 15) is 22.4 Å². The molecule has 0 aliphatic rings. The summed E-state index contributed by atoms with van der Waals surface area (Å²) in [6, 6.07) is 7.40. The summed E-state index contributed by atoms with van der Waals surface area (Å²) in [5.41, 5.74) is -1.29. The van der Waals surface area contributed by atoms with Gasteiger partial charge in [-0.2, -0.15) is 18.3 Å². The van der Waals surface area contributed by atoms with Crippen molar-refractivity contribution in [3.8, 4) is 11.1 Å². The largest absolute Gasteiger partial charge is 0.465 e. The van der Waals surface area contributed by atoms with Crippen LogP contribution in [0.25, 0.3) is 21.3 Å². The fraction of sp³-hybridized carbons (Fsp3) is 0.150. The summed E-state index contributed by atoms with van der Waals surface area (Å²) in [6.45, 7) is -0.298. The quantitative estimate of drug-likeness (QED) is 0.329. The molecule has 3 heterocycles. The number of carbonyl (C=O) groups is 1. The second kappa shape index (κ2) is 7.52. The SMILES string of the molecule is COC(=O)c1cccc(Cn2cc(-c3cnc4sccc4c3)c(C(F)(F)F)n2)c1F. The molecule has 0 bridgehead atoms. The lowest BCUT2D eigenvalue weighted by molar-refractivity contribution is -0.141. The van der Waals surface area contributed by atoms with E-state index in [2.05, 4.69) is 14.8 Å². The van der Waals surface area contributed by atoms with Crippen molar-refractivity contribution in [1.82, 2.24) is 14.8 Å². The maximum atomic E-state index is 14.6. The monoisotopic (exact) mass is 435 g/mol. The van der Waals surface area contributed by atoms with Gasteiger partial charge in [0.15, 0.2) is 5.69 Å². The Labute approximate surface area is 171 Å². The van der Waals surface area contributed by atoms with Gasteiger partial charge in [-0.05, 0) is 23.6 Å². The van der Waals surface area contributed by atoms with Gasteiger partial charge in [-0.15, -0.1) is 11.3 Å². The van der Waals surface area contributed by atoms with Crippen LogP contribution in [0.15, 0.2) is 48.1 Å². The summed E-state index contributed by atoms with van der Waals surface area (Å²) < 4.78 is 61.0. The topological polar surface area (TPSA) is 57.0 Å². The molecule has 4 aromatic rings. The lowest BCUT2D eigenvalue weighted by atomic mass is 10.1. The van der Waals surface area contributed by atoms with Crippen LogP contribution >= 0.6 is 11.3 Å². The number of hydrogen-bond acceptors (Lipinski definition) is 5. The summed E-state index contributed by atoms with van der Waals surface area (Å²) in [7, 11) is 1.11. The predicted octanol–water partition coefficient (Wildman–Crippen LogP) is 5.15. The Hall–Kier alpha value is -3.27. The maximum absolute atomic E-state index is 14.6. The smallest absolute Gasteiger partial charge is 0.435 e. The van der Waals surface area contributed by atoms with Crippen molar-refractivity contribution in [2.75, 3.05) is 7.11 Å². The van der Waals surface area contributed by atoms with Crippen LogP contribution in [0, 0.1) is 5.82 Å². The number of rotatable bonds is 4. The number of halogens is 4. The number of nitrogens with zero attached hydrogens (tertiary/aromatic N) is 3. The first-order chi connectivity index (χ1) is 14.3. The molecule has 0 N–H and O–H groups in total. The Morgan fingerprint density at radius 1 is 1.27 bits per heavy atom. The molecule has 154 valence electrons. The number of fused-ring (bicyclic) bond motifs is 1. The molecule has 0 unspecified atom stereocenters. The highest BCUT2D eigenvalue weighted by molar-refractivity contribution is 7.16. The molecule has 5 nitrogen and oxygen atoms in total. The van der Waals surface area contributed by atoms with Gasteiger partial charge in [0, 0.05) is 34.5 Å². The van der Waals surface area contributed by atoms with E-state index in [0.29, 0.717) is 4.83 Å². The van der Waals surface area contributed by atoms with Crippen LogP contribution in [0.1, 0.15) is 21.6 Å². The number of esters is 1. The normalized spacial score (nSPS) is 11.8. The minimum atomic E-state index is -4.71. The van der Waals surface area contributed by atoms with E-state index in [1.807, 2.05) is 0 Å². The van der Waals surface area contributed by atoms with Crippen LogP contribution < -0.4 is 0 Å². The third-order valence-corrected chi connectivity index (χ3v) is 5.30. The summed E-state index contributed by atoms with van der Waals surface area (Å²) in [6.07, 6.45) is -2.16. The number of methoxy groups -OCH3 is 1. The first kappa shape index (κ1) is 20.0. The van der Waals surface area contributed by atoms with Crippen LogP contribution in [-0.2, 0) is 17.5 Å². The summed E-state index contributed by atoms with van der Waals surface area (Å²) in [4.78, 5) is 16.6. The molecule has 4 rings (SSSR count). The highest BCUT2D eigenvalue weighted by Gasteiger charge is 2.37. The van der Waals surface area contributed by atoms with E-state index in [4.69, 9.17) is 0 Å². The van der Waals surface area contributed by atoms with E-state index >= 15 is 0 Å². The van der Waals surface area contributed by atoms with Crippen LogP contribution in [-0.4, -0.2) is 27.8 Å². The minimum Gasteiger partial charge on any atom is -0.465 e. The van der Waals surface area contributed by atoms with Crippen molar-refractivity contribution >= 4 is 27.5 Å². The Kier molecular flexibility index (Phi) is 5.02. The number of carbonyl (C=O) groups excluding carboxylic acids is 1. The average Bonchev–Trinajstić information content (AvgIpc) is 3.35. The van der Waals surface area contributed by atoms with E-state index in [-0.39, 0.29) is 28.8 Å². The minimum absolute atomic E-state index is 0.00656. The molecular weight excluding hydrogens is 422 g/mol. The molecule has 0 spiro atoms. The third-order valence-electron chi connectivity index (χ3n) is 4.46. The summed E-state index contributed by atoms with van der Waals surface area (Å²) in [5, 5.41) is 6.16. The molecule has 0 fully saturated rings. The van der Waals surface area contributed by atoms with E-state index < -0.39 is 23.7 Å². The second-order valence-electron chi connectivity index (χ2n) is 6.40. The first-order valence-corrected chi connectivity index (χ1v) is 9.50. The second-order valence-corrected chi connectivity index (χ2v) is 7.29. The van der Waals surface area contributed by atoms with Crippen molar-refractivity contribution in [2.45, 2.75) is 12.7 Å². The van der Waals surface area contributed by atoms with Crippen molar-refractivity contribution < 1.29 is 27.1 Å². The number of hydrogen-bond donors (Lipinski definition) is 0. The molecule has 0 amide bonds. The zero-order valence-corrected chi connectivity index (χ0v) is 16.2. The Balaban J connectivity index is 1.77. The number of ether oxygens (including phenoxy) is 1. The van der Waals surface area contributed by atoms with Crippen LogP contribution in [0.2, 0.25) is 0 Å². The molecule has 0 saturated carbocycles. The molecule has 0 saturated heterocycles. The predicted molar refractivity (Wildman–Crippen MR) is 103 cm³/mol. The van der Waals surface area contributed by atoms with Gasteiger partial charge in [-0.1, -0.05) is 12.1 Å². The highest BCUT2D eigenvalue weighted by atomic mass is 32.1. The zero-order chi connectivity index (χ0) is 21.5. The Morgan fingerprint density at radius 3 is 2.80 bits per heavy atom. The fourth-order valence-electron chi connectivity index (χ4n) is 3.07. The van der Waals surface area contributed by atoms with Gasteiger partial charge in [0.1, 0.15) is 10.6 Å². The number of benzene rings is 1. The van der Waals surface area contributed by atoms with Crippen molar-refractivity contribution in [3.05, 3.63) is 70.7 Å². The van der Waals surface area contributed by atoms with E-state index in [0.717, 1.165) is 17.2 Å². The van der Waals surface area contributed by atoms with Crippen molar-refractivity contribution in [1.29, 1.82) is 0 Å². The molecule has 1 aromatic carbocycles. The zero-order valence-electron chi connectivity index (χ0n) is 15.4. The van der Waals surface area contributed by atoms with Gasteiger partial charge in [-0.25, -0.2) is 14.2 Å². The number of pyridine rings is 1. The highest BCUT2D eigenvalue weighted by Crippen LogP contribution is 2.37. The summed E-state index contributed by atoms with van der Waals surface area (Å²) in [5.74, 6) is -1.74.